The van der Waals surface area contributed by atoms with Crippen LogP contribution < -0.4 is 16.2 Å². The highest BCUT2D eigenvalue weighted by Crippen LogP contribution is 2.37. The summed E-state index contributed by atoms with van der Waals surface area (Å²) in [5, 5.41) is 7.13. The Bertz CT molecular complexity index is 1390. The molecule has 11 heteroatoms. The smallest absolute Gasteiger partial charge is 0.354 e. The molecular formula is C25H25Cl2FN4O4. The fourth-order valence-electron chi connectivity index (χ4n) is 4.37. The van der Waals surface area contributed by atoms with E-state index in [1.54, 1.807) is 18.0 Å². The van der Waals surface area contributed by atoms with Crippen LogP contribution in [0.1, 0.15) is 34.6 Å². The van der Waals surface area contributed by atoms with E-state index in [0.717, 1.165) is 17.2 Å². The van der Waals surface area contributed by atoms with Gasteiger partial charge in [-0.15, -0.1) is 0 Å². The van der Waals surface area contributed by atoms with Crippen LogP contribution in [0.3, 0.4) is 0 Å². The molecule has 1 aromatic heterocycles. The Balaban J connectivity index is 1.51. The predicted molar refractivity (Wildman–Crippen MR) is 138 cm³/mol. The highest BCUT2D eigenvalue weighted by Gasteiger charge is 2.29. The van der Waals surface area contributed by atoms with Crippen molar-refractivity contribution in [2.75, 3.05) is 38.6 Å². The van der Waals surface area contributed by atoms with Crippen molar-refractivity contribution in [2.24, 2.45) is 0 Å². The molecule has 1 aliphatic heterocycles. The summed E-state index contributed by atoms with van der Waals surface area (Å²) in [5.41, 5.74) is 1.22. The molecule has 0 saturated carbocycles. The standard InChI is InChI=1S/C25H25Cl2FN4O4/c1-13-23-14(7-16(26)10-18(23)27)3-5-32(13)22(33)12-30-20-8-15-9-21(25(35)36-6-4-29-2)31-24(34)17(15)11-19(20)28/h7-11,13,29-30H,3-6,12H2,1-2H3,(H,31,34)/t13-/m0/s1. The van der Waals surface area contributed by atoms with Gasteiger partial charge < -0.3 is 25.3 Å². The van der Waals surface area contributed by atoms with Crippen molar-refractivity contribution in [3.05, 3.63) is 73.4 Å². The van der Waals surface area contributed by atoms with Gasteiger partial charge in [0.05, 0.1) is 23.7 Å². The van der Waals surface area contributed by atoms with E-state index in [-0.39, 0.29) is 41.9 Å². The number of nitrogens with zero attached hydrogens (tertiary/aromatic N) is 1. The Morgan fingerprint density at radius 1 is 1.22 bits per heavy atom. The highest BCUT2D eigenvalue weighted by atomic mass is 35.5. The maximum absolute atomic E-state index is 14.8. The Morgan fingerprint density at radius 2 is 2.00 bits per heavy atom. The number of benzene rings is 2. The van der Waals surface area contributed by atoms with Gasteiger partial charge in [-0.2, -0.15) is 0 Å². The lowest BCUT2D eigenvalue weighted by Crippen LogP contribution is -2.42. The largest absolute Gasteiger partial charge is 0.460 e. The maximum Gasteiger partial charge on any atom is 0.354 e. The highest BCUT2D eigenvalue weighted by molar-refractivity contribution is 6.35. The Morgan fingerprint density at radius 3 is 2.75 bits per heavy atom. The van der Waals surface area contributed by atoms with Crippen molar-refractivity contribution >= 4 is 51.5 Å². The van der Waals surface area contributed by atoms with E-state index in [2.05, 4.69) is 15.6 Å². The molecule has 0 bridgehead atoms. The molecule has 3 aromatic rings. The van der Waals surface area contributed by atoms with Gasteiger partial charge in [0.1, 0.15) is 18.1 Å². The fraction of sp³-hybridized carbons (Fsp3) is 0.320. The number of amides is 1. The number of fused-ring (bicyclic) bond motifs is 2. The number of carbonyl (C=O) groups is 2. The summed E-state index contributed by atoms with van der Waals surface area (Å²) < 4.78 is 19.8. The monoisotopic (exact) mass is 534 g/mol. The number of hydrogen-bond acceptors (Lipinski definition) is 6. The second kappa shape index (κ2) is 10.9. The van der Waals surface area contributed by atoms with Crippen LogP contribution in [0.15, 0.2) is 35.1 Å². The first-order valence-corrected chi connectivity index (χ1v) is 12.1. The quantitative estimate of drug-likeness (QED) is 0.313. The van der Waals surface area contributed by atoms with Crippen molar-refractivity contribution in [3.8, 4) is 0 Å². The third kappa shape index (κ3) is 5.33. The van der Waals surface area contributed by atoms with Gasteiger partial charge in [0.2, 0.25) is 5.91 Å². The number of nitrogens with one attached hydrogen (secondary N) is 3. The van der Waals surface area contributed by atoms with E-state index in [1.807, 2.05) is 13.0 Å². The Hall–Kier alpha value is -3.14. The first kappa shape index (κ1) is 25.9. The van der Waals surface area contributed by atoms with Gasteiger partial charge in [-0.1, -0.05) is 23.2 Å². The van der Waals surface area contributed by atoms with Gasteiger partial charge in [-0.25, -0.2) is 9.18 Å². The lowest BCUT2D eigenvalue weighted by molar-refractivity contribution is -0.131. The normalized spacial score (nSPS) is 15.0. The van der Waals surface area contributed by atoms with E-state index < -0.39 is 17.3 Å². The van der Waals surface area contributed by atoms with Crippen LogP contribution in [-0.2, 0) is 16.0 Å². The molecular weight excluding hydrogens is 510 g/mol. The van der Waals surface area contributed by atoms with Gasteiger partial charge in [-0.3, -0.25) is 9.59 Å². The average molecular weight is 535 g/mol. The van der Waals surface area contributed by atoms with Crippen LogP contribution in [0.25, 0.3) is 10.8 Å². The molecule has 0 fully saturated rings. The molecule has 0 radical (unpaired) electrons. The van der Waals surface area contributed by atoms with Gasteiger partial charge in [0.15, 0.2) is 0 Å². The summed E-state index contributed by atoms with van der Waals surface area (Å²) in [6.45, 7) is 2.77. The molecule has 1 atom stereocenters. The van der Waals surface area contributed by atoms with Gasteiger partial charge in [-0.05, 0) is 67.2 Å². The second-order valence-corrected chi connectivity index (χ2v) is 9.34. The van der Waals surface area contributed by atoms with Crippen LogP contribution in [0, 0.1) is 5.82 Å². The molecule has 0 aliphatic carbocycles. The number of aromatic amines is 1. The number of aromatic nitrogens is 1. The fourth-order valence-corrected chi connectivity index (χ4v) is 5.07. The zero-order chi connectivity index (χ0) is 26.0. The third-order valence-corrected chi connectivity index (χ3v) is 6.71. The molecule has 0 saturated heterocycles. The number of ether oxygens (including phenoxy) is 1. The molecule has 4 rings (SSSR count). The number of esters is 1. The summed E-state index contributed by atoms with van der Waals surface area (Å²) in [5.74, 6) is -1.63. The number of anilines is 1. The lowest BCUT2D eigenvalue weighted by atomic mass is 9.93. The molecule has 2 aromatic carbocycles. The second-order valence-electron chi connectivity index (χ2n) is 8.50. The minimum atomic E-state index is -0.697. The van der Waals surface area contributed by atoms with Crippen molar-refractivity contribution < 1.29 is 18.7 Å². The zero-order valence-electron chi connectivity index (χ0n) is 19.7. The molecule has 0 unspecified atom stereocenters. The van der Waals surface area contributed by atoms with Crippen molar-refractivity contribution in [3.63, 3.8) is 0 Å². The summed E-state index contributed by atoms with van der Waals surface area (Å²) >= 11 is 12.5. The average Bonchev–Trinajstić information content (AvgIpc) is 2.82. The lowest BCUT2D eigenvalue weighted by Gasteiger charge is -2.36. The number of hydrogen-bond donors (Lipinski definition) is 3. The molecule has 1 amide bonds. The molecule has 8 nitrogen and oxygen atoms in total. The van der Waals surface area contributed by atoms with Crippen molar-refractivity contribution in [1.82, 2.24) is 15.2 Å². The SMILES string of the molecule is CNCCOC(=O)c1cc2cc(NCC(=O)N3CCc4cc(Cl)cc(Cl)c4[C@@H]3C)c(F)cc2c(=O)[nH]1. The van der Waals surface area contributed by atoms with E-state index in [4.69, 9.17) is 27.9 Å². The van der Waals surface area contributed by atoms with Crippen LogP contribution in [0.2, 0.25) is 10.0 Å². The number of pyridine rings is 1. The number of carbonyl (C=O) groups excluding carboxylic acids is 2. The first-order chi connectivity index (χ1) is 17.2. The third-order valence-electron chi connectivity index (χ3n) is 6.17. The predicted octanol–water partition coefficient (Wildman–Crippen LogP) is 3.91. The van der Waals surface area contributed by atoms with Crippen LogP contribution in [0.4, 0.5) is 10.1 Å². The summed E-state index contributed by atoms with van der Waals surface area (Å²) in [7, 11) is 1.72. The van der Waals surface area contributed by atoms with Gasteiger partial charge >= 0.3 is 5.97 Å². The molecule has 3 N–H and O–H groups in total. The molecule has 1 aliphatic rings. The minimum absolute atomic E-state index is 0.0332. The molecule has 190 valence electrons. The maximum atomic E-state index is 14.8. The Kier molecular flexibility index (Phi) is 7.82. The van der Waals surface area contributed by atoms with Gasteiger partial charge in [0.25, 0.3) is 5.56 Å². The van der Waals surface area contributed by atoms with Crippen LogP contribution in [-0.4, -0.2) is 55.0 Å². The van der Waals surface area contributed by atoms with Crippen LogP contribution >= 0.6 is 23.2 Å². The number of H-pyrrole nitrogens is 1. The summed E-state index contributed by atoms with van der Waals surface area (Å²) in [4.78, 5) is 41.8. The Labute approximate surface area is 216 Å². The molecule has 0 spiro atoms. The number of halogens is 3. The van der Waals surface area contributed by atoms with E-state index >= 15 is 0 Å². The first-order valence-electron chi connectivity index (χ1n) is 11.4. The number of likely N-dealkylation sites (N-methyl/N-ethyl adjacent to an activating group) is 1. The van der Waals surface area contributed by atoms with E-state index in [9.17, 15) is 18.8 Å². The topological polar surface area (TPSA) is 104 Å². The van der Waals surface area contributed by atoms with E-state index in [0.29, 0.717) is 34.9 Å². The van der Waals surface area contributed by atoms with E-state index in [1.165, 1.54) is 12.1 Å². The summed E-state index contributed by atoms with van der Waals surface area (Å²) in [6.07, 6.45) is 0.603. The number of rotatable bonds is 7. The zero-order valence-corrected chi connectivity index (χ0v) is 21.2. The van der Waals surface area contributed by atoms with Crippen molar-refractivity contribution in [1.29, 1.82) is 0 Å². The van der Waals surface area contributed by atoms with Gasteiger partial charge in [0, 0.05) is 23.1 Å². The van der Waals surface area contributed by atoms with Crippen molar-refractivity contribution in [2.45, 2.75) is 19.4 Å². The molecule has 36 heavy (non-hydrogen) atoms. The summed E-state index contributed by atoms with van der Waals surface area (Å²) in [6, 6.07) is 7.12. The van der Waals surface area contributed by atoms with Crippen LogP contribution in [0.5, 0.6) is 0 Å². The minimum Gasteiger partial charge on any atom is -0.460 e. The molecule has 2 heterocycles.